The summed E-state index contributed by atoms with van der Waals surface area (Å²) in [5.74, 6) is -0.897. The molecule has 0 aliphatic heterocycles. The maximum Gasteiger partial charge on any atom is 0.337 e. The minimum absolute atomic E-state index is 0.0291. The Morgan fingerprint density at radius 2 is 1.81 bits per heavy atom. The van der Waals surface area contributed by atoms with Crippen LogP contribution in [0.3, 0.4) is 0 Å². The second kappa shape index (κ2) is 9.38. The molecular weight excluding hydrogens is 350 g/mol. The minimum atomic E-state index is -0.529. The van der Waals surface area contributed by atoms with E-state index in [1.807, 2.05) is 0 Å². The van der Waals surface area contributed by atoms with Gasteiger partial charge in [0.2, 0.25) is 0 Å². The van der Waals surface area contributed by atoms with Gasteiger partial charge in [0, 0.05) is 5.69 Å². The maximum atomic E-state index is 12.0. The number of esters is 2. The van der Waals surface area contributed by atoms with E-state index in [2.05, 4.69) is 10.1 Å². The van der Waals surface area contributed by atoms with Crippen LogP contribution in [0.2, 0.25) is 0 Å². The van der Waals surface area contributed by atoms with Crippen molar-refractivity contribution in [2.24, 2.45) is 0 Å². The number of benzene rings is 2. The molecule has 2 rings (SSSR count). The van der Waals surface area contributed by atoms with Gasteiger partial charge in [0.15, 0.2) is 6.61 Å². The van der Waals surface area contributed by atoms with E-state index < -0.39 is 24.5 Å². The van der Waals surface area contributed by atoms with Crippen LogP contribution in [0.15, 0.2) is 42.5 Å². The van der Waals surface area contributed by atoms with Crippen molar-refractivity contribution < 1.29 is 28.6 Å². The molecule has 0 fully saturated rings. The van der Waals surface area contributed by atoms with E-state index in [1.54, 1.807) is 50.4 Å². The van der Waals surface area contributed by atoms with Crippen LogP contribution in [0, 0.1) is 6.92 Å². The number of aryl methyl sites for hydroxylation is 1. The second-order valence-electron chi connectivity index (χ2n) is 5.76. The van der Waals surface area contributed by atoms with Crippen molar-refractivity contribution >= 4 is 23.5 Å². The standard InChI is InChI=1S/C20H21NO6/c1-13-7-8-15(20(24)26-3)11-17(13)21-18(22)12-27-19(23)10-14-5-4-6-16(9-14)25-2/h4-9,11H,10,12H2,1-3H3,(H,21,22). The van der Waals surface area contributed by atoms with Crippen molar-refractivity contribution in [2.45, 2.75) is 13.3 Å². The Bertz CT molecular complexity index is 846. The molecule has 0 heterocycles. The molecule has 0 aliphatic carbocycles. The lowest BCUT2D eigenvalue weighted by Crippen LogP contribution is -2.22. The van der Waals surface area contributed by atoms with Gasteiger partial charge in [-0.2, -0.15) is 0 Å². The van der Waals surface area contributed by atoms with Gasteiger partial charge >= 0.3 is 11.9 Å². The molecule has 0 unspecified atom stereocenters. The largest absolute Gasteiger partial charge is 0.497 e. The first-order valence-electron chi connectivity index (χ1n) is 8.20. The Morgan fingerprint density at radius 3 is 2.52 bits per heavy atom. The highest BCUT2D eigenvalue weighted by molar-refractivity contribution is 5.96. The van der Waals surface area contributed by atoms with Crippen LogP contribution in [0.4, 0.5) is 5.69 Å². The van der Waals surface area contributed by atoms with Crippen LogP contribution < -0.4 is 10.1 Å². The average Bonchev–Trinajstić information content (AvgIpc) is 2.67. The minimum Gasteiger partial charge on any atom is -0.497 e. The lowest BCUT2D eigenvalue weighted by molar-refractivity contribution is -0.146. The molecule has 0 saturated carbocycles. The van der Waals surface area contributed by atoms with Crippen molar-refractivity contribution in [2.75, 3.05) is 26.1 Å². The van der Waals surface area contributed by atoms with Gasteiger partial charge < -0.3 is 19.5 Å². The molecule has 0 spiro atoms. The van der Waals surface area contributed by atoms with E-state index in [0.717, 1.165) is 11.1 Å². The topological polar surface area (TPSA) is 90.9 Å². The van der Waals surface area contributed by atoms with Gasteiger partial charge in [0.1, 0.15) is 5.75 Å². The zero-order valence-corrected chi connectivity index (χ0v) is 15.4. The van der Waals surface area contributed by atoms with Crippen molar-refractivity contribution in [1.82, 2.24) is 0 Å². The zero-order valence-electron chi connectivity index (χ0n) is 15.4. The number of hydrogen-bond acceptors (Lipinski definition) is 6. The molecule has 27 heavy (non-hydrogen) atoms. The summed E-state index contributed by atoms with van der Waals surface area (Å²) in [5, 5.41) is 2.62. The number of amides is 1. The summed E-state index contributed by atoms with van der Waals surface area (Å²) in [7, 11) is 2.82. The van der Waals surface area contributed by atoms with Gasteiger partial charge in [-0.15, -0.1) is 0 Å². The number of rotatable bonds is 7. The molecule has 1 N–H and O–H groups in total. The Kier molecular flexibility index (Phi) is 6.93. The van der Waals surface area contributed by atoms with Crippen LogP contribution >= 0.6 is 0 Å². The first kappa shape index (κ1) is 20.0. The predicted octanol–water partition coefficient (Wildman–Crippen LogP) is 2.51. The lowest BCUT2D eigenvalue weighted by atomic mass is 10.1. The van der Waals surface area contributed by atoms with Gasteiger partial charge in [-0.25, -0.2) is 4.79 Å². The van der Waals surface area contributed by atoms with Gasteiger partial charge in [-0.1, -0.05) is 18.2 Å². The quantitative estimate of drug-likeness (QED) is 0.752. The predicted molar refractivity (Wildman–Crippen MR) is 98.8 cm³/mol. The van der Waals surface area contributed by atoms with E-state index in [0.29, 0.717) is 17.0 Å². The summed E-state index contributed by atoms with van der Waals surface area (Å²) in [4.78, 5) is 35.5. The molecule has 7 heteroatoms. The normalized spacial score (nSPS) is 10.0. The zero-order chi connectivity index (χ0) is 19.8. The van der Waals surface area contributed by atoms with Crippen molar-refractivity contribution in [3.63, 3.8) is 0 Å². The molecule has 1 amide bonds. The van der Waals surface area contributed by atoms with Gasteiger partial charge in [0.05, 0.1) is 26.2 Å². The molecule has 2 aromatic carbocycles. The summed E-state index contributed by atoms with van der Waals surface area (Å²) in [6.07, 6.45) is 0.0291. The molecule has 142 valence electrons. The molecule has 2 aromatic rings. The summed E-state index contributed by atoms with van der Waals surface area (Å²) in [6.45, 7) is 1.36. The van der Waals surface area contributed by atoms with Gasteiger partial charge in [-0.05, 0) is 42.3 Å². The third kappa shape index (κ3) is 5.85. The highest BCUT2D eigenvalue weighted by Gasteiger charge is 2.12. The molecule has 7 nitrogen and oxygen atoms in total. The molecule has 0 aromatic heterocycles. The SMILES string of the molecule is COC(=O)c1ccc(C)c(NC(=O)COC(=O)Cc2cccc(OC)c2)c1. The second-order valence-corrected chi connectivity index (χ2v) is 5.76. The van der Waals surface area contributed by atoms with Gasteiger partial charge in [-0.3, -0.25) is 9.59 Å². The Hall–Kier alpha value is -3.35. The number of nitrogens with one attached hydrogen (secondary N) is 1. The Balaban J connectivity index is 1.90. The molecule has 0 saturated heterocycles. The highest BCUT2D eigenvalue weighted by Crippen LogP contribution is 2.18. The maximum absolute atomic E-state index is 12.0. The third-order valence-corrected chi connectivity index (χ3v) is 3.78. The number of ether oxygens (including phenoxy) is 3. The molecular formula is C20H21NO6. The summed E-state index contributed by atoms with van der Waals surface area (Å²) in [6, 6.07) is 11.8. The fraction of sp³-hybridized carbons (Fsp3) is 0.250. The number of hydrogen-bond donors (Lipinski definition) is 1. The smallest absolute Gasteiger partial charge is 0.337 e. The number of carbonyl (C=O) groups excluding carboxylic acids is 3. The first-order valence-corrected chi connectivity index (χ1v) is 8.20. The molecule has 0 radical (unpaired) electrons. The summed E-state index contributed by atoms with van der Waals surface area (Å²) >= 11 is 0. The number of carbonyl (C=O) groups is 3. The fourth-order valence-electron chi connectivity index (χ4n) is 2.33. The van der Waals surface area contributed by atoms with Crippen LogP contribution in [-0.4, -0.2) is 38.7 Å². The van der Waals surface area contributed by atoms with Gasteiger partial charge in [0.25, 0.3) is 5.91 Å². The Labute approximate surface area is 157 Å². The van der Waals surface area contributed by atoms with Crippen molar-refractivity contribution in [3.8, 4) is 5.75 Å². The third-order valence-electron chi connectivity index (χ3n) is 3.78. The van der Waals surface area contributed by atoms with Crippen LogP contribution in [0.1, 0.15) is 21.5 Å². The van der Waals surface area contributed by atoms with Crippen LogP contribution in [-0.2, 0) is 25.5 Å². The first-order chi connectivity index (χ1) is 12.9. The molecule has 0 aliphatic rings. The van der Waals surface area contributed by atoms with E-state index in [4.69, 9.17) is 9.47 Å². The molecule has 0 bridgehead atoms. The van der Waals surface area contributed by atoms with Crippen LogP contribution in [0.25, 0.3) is 0 Å². The fourth-order valence-corrected chi connectivity index (χ4v) is 2.33. The van der Waals surface area contributed by atoms with E-state index in [-0.39, 0.29) is 6.42 Å². The highest BCUT2D eigenvalue weighted by atomic mass is 16.5. The van der Waals surface area contributed by atoms with E-state index >= 15 is 0 Å². The summed E-state index contributed by atoms with van der Waals surface area (Å²) in [5.41, 5.74) is 2.25. The Morgan fingerprint density at radius 1 is 1.04 bits per heavy atom. The van der Waals surface area contributed by atoms with E-state index in [1.165, 1.54) is 13.2 Å². The molecule has 0 atom stereocenters. The van der Waals surface area contributed by atoms with Crippen LogP contribution in [0.5, 0.6) is 5.75 Å². The van der Waals surface area contributed by atoms with Crippen molar-refractivity contribution in [1.29, 1.82) is 0 Å². The van der Waals surface area contributed by atoms with Crippen molar-refractivity contribution in [3.05, 3.63) is 59.2 Å². The average molecular weight is 371 g/mol. The van der Waals surface area contributed by atoms with E-state index in [9.17, 15) is 14.4 Å². The number of anilines is 1. The number of methoxy groups -OCH3 is 2. The summed E-state index contributed by atoms with van der Waals surface area (Å²) < 4.78 is 14.8. The lowest BCUT2D eigenvalue weighted by Gasteiger charge is -2.10. The monoisotopic (exact) mass is 371 g/mol.